The second-order valence-corrected chi connectivity index (χ2v) is 11.9. The minimum atomic E-state index is -0.482. The molecule has 0 aliphatic heterocycles. The number of urea groups is 1. The number of carbonyl (C=O) groups excluding carboxylic acids is 2. The summed E-state index contributed by atoms with van der Waals surface area (Å²) in [6, 6.07) is 14.2. The molecular weight excluding hydrogens is 606 g/mol. The molecule has 0 aliphatic rings. The molecule has 3 amide bonds. The van der Waals surface area contributed by atoms with Gasteiger partial charge in [-0.15, -0.1) is 0 Å². The fourth-order valence-electron chi connectivity index (χ4n) is 4.91. The first-order valence-corrected chi connectivity index (χ1v) is 15.4. The van der Waals surface area contributed by atoms with Crippen LogP contribution in [0.4, 0.5) is 38.3 Å². The summed E-state index contributed by atoms with van der Waals surface area (Å²) < 4.78 is 5.44. The van der Waals surface area contributed by atoms with Gasteiger partial charge >= 0.3 is 12.1 Å². The number of aromatic nitrogens is 2. The van der Waals surface area contributed by atoms with Crippen molar-refractivity contribution in [2.45, 2.75) is 47.5 Å². The number of nitrogens with zero attached hydrogens (tertiary/aromatic N) is 5. The van der Waals surface area contributed by atoms with Crippen LogP contribution >= 0.6 is 0 Å². The second kappa shape index (κ2) is 17.4. The van der Waals surface area contributed by atoms with E-state index in [1.807, 2.05) is 31.2 Å². The topological polar surface area (TPSA) is 196 Å². The summed E-state index contributed by atoms with van der Waals surface area (Å²) in [5.41, 5.74) is 2.05. The number of rotatable bonds is 16. The van der Waals surface area contributed by atoms with Crippen molar-refractivity contribution >= 4 is 40.8 Å². The van der Waals surface area contributed by atoms with E-state index >= 15 is 0 Å². The van der Waals surface area contributed by atoms with Crippen LogP contribution in [-0.2, 0) is 4.74 Å². The summed E-state index contributed by atoms with van der Waals surface area (Å²) in [6.45, 7) is 12.2. The maximum Gasteiger partial charge on any atom is 0.407 e. The summed E-state index contributed by atoms with van der Waals surface area (Å²) in [5, 5.41) is 27.3. The normalized spacial score (nSPS) is 11.9. The number of carbonyl (C=O) groups is 2. The van der Waals surface area contributed by atoms with Gasteiger partial charge in [-0.05, 0) is 74.4 Å². The summed E-state index contributed by atoms with van der Waals surface area (Å²) in [6.07, 6.45) is 1.07. The maximum absolute atomic E-state index is 12.4. The highest BCUT2D eigenvalue weighted by atomic mass is 16.6. The Balaban J connectivity index is 1.34. The number of nitro benzene ring substituents is 1. The average molecular weight is 650 g/mol. The van der Waals surface area contributed by atoms with Crippen LogP contribution in [-0.4, -0.2) is 59.8 Å². The van der Waals surface area contributed by atoms with E-state index in [-0.39, 0.29) is 35.1 Å². The van der Waals surface area contributed by atoms with Gasteiger partial charge in [-0.3, -0.25) is 25.2 Å². The van der Waals surface area contributed by atoms with Crippen LogP contribution in [0.15, 0.2) is 69.6 Å². The van der Waals surface area contributed by atoms with Gasteiger partial charge in [0.05, 0.1) is 22.8 Å². The highest BCUT2D eigenvalue weighted by Crippen LogP contribution is 2.26. The Kier molecular flexibility index (Phi) is 13.4. The van der Waals surface area contributed by atoms with E-state index in [4.69, 9.17) is 4.74 Å². The minimum absolute atomic E-state index is 0.00675. The van der Waals surface area contributed by atoms with Crippen molar-refractivity contribution in [3.05, 3.63) is 80.8 Å². The van der Waals surface area contributed by atoms with Crippen molar-refractivity contribution in [3.8, 4) is 0 Å². The number of nitrogens with one attached hydrogen (secondary N) is 4. The number of azo groups is 1. The summed E-state index contributed by atoms with van der Waals surface area (Å²) in [4.78, 5) is 55.0. The highest BCUT2D eigenvalue weighted by molar-refractivity contribution is 5.87. The molecule has 0 bridgehead atoms. The van der Waals surface area contributed by atoms with E-state index in [1.54, 1.807) is 6.92 Å². The molecule has 15 heteroatoms. The Labute approximate surface area is 273 Å². The van der Waals surface area contributed by atoms with Crippen molar-refractivity contribution in [1.29, 1.82) is 0 Å². The molecule has 3 rings (SSSR count). The molecule has 1 aromatic heterocycles. The molecule has 0 spiro atoms. The standard InChI is InChI=1S/C32H43N9O6/c1-6-40(26-11-7-24(8-12-26)38-39-25-9-13-27(14-10-25)41(45)46)17-18-47-31(44)34-21-32(4,5)20-22(2)15-16-33-30(43)37-29-35-23(3)19-28(42)36-29/h7-14,19,22H,6,15-18,20-21H2,1-5H3,(H,34,44)(H3,33,35,36,37,42,43). The molecule has 252 valence electrons. The van der Waals surface area contributed by atoms with Crippen molar-refractivity contribution in [2.24, 2.45) is 21.6 Å². The summed E-state index contributed by atoms with van der Waals surface area (Å²) in [5.74, 6) is 0.368. The molecule has 0 saturated heterocycles. The van der Waals surface area contributed by atoms with Gasteiger partial charge in [0.15, 0.2) is 0 Å². The van der Waals surface area contributed by atoms with Gasteiger partial charge in [0.2, 0.25) is 5.95 Å². The first kappa shape index (κ1) is 36.1. The third-order valence-corrected chi connectivity index (χ3v) is 7.17. The molecule has 47 heavy (non-hydrogen) atoms. The molecule has 3 aromatic rings. The lowest BCUT2D eigenvalue weighted by molar-refractivity contribution is -0.384. The van der Waals surface area contributed by atoms with Crippen molar-refractivity contribution in [3.63, 3.8) is 0 Å². The molecule has 1 unspecified atom stereocenters. The zero-order chi connectivity index (χ0) is 34.4. The predicted octanol–water partition coefficient (Wildman–Crippen LogP) is 6.22. The lowest BCUT2D eigenvalue weighted by Gasteiger charge is -2.28. The number of aryl methyl sites for hydroxylation is 1. The number of aromatic amines is 1. The Morgan fingerprint density at radius 3 is 2.32 bits per heavy atom. The monoisotopic (exact) mass is 649 g/mol. The minimum Gasteiger partial charge on any atom is -0.448 e. The predicted molar refractivity (Wildman–Crippen MR) is 180 cm³/mol. The van der Waals surface area contributed by atoms with E-state index in [0.29, 0.717) is 43.2 Å². The molecule has 0 fully saturated rings. The van der Waals surface area contributed by atoms with Gasteiger partial charge in [-0.1, -0.05) is 20.8 Å². The van der Waals surface area contributed by atoms with Crippen LogP contribution in [0.2, 0.25) is 0 Å². The van der Waals surface area contributed by atoms with Gasteiger partial charge < -0.3 is 20.3 Å². The number of hydrogen-bond donors (Lipinski definition) is 4. The average Bonchev–Trinajstić information content (AvgIpc) is 3.01. The number of H-pyrrole nitrogens is 1. The highest BCUT2D eigenvalue weighted by Gasteiger charge is 2.22. The Bertz CT molecular complexity index is 1570. The van der Waals surface area contributed by atoms with Crippen molar-refractivity contribution < 1.29 is 19.2 Å². The molecule has 0 aliphatic carbocycles. The van der Waals surface area contributed by atoms with Crippen molar-refractivity contribution in [2.75, 3.05) is 43.0 Å². The Morgan fingerprint density at radius 2 is 1.72 bits per heavy atom. The fraction of sp³-hybridized carbons (Fsp3) is 0.438. The van der Waals surface area contributed by atoms with Crippen LogP contribution in [0, 0.1) is 28.4 Å². The Morgan fingerprint density at radius 1 is 1.09 bits per heavy atom. The van der Waals surface area contributed by atoms with Gasteiger partial charge in [0, 0.05) is 49.2 Å². The zero-order valence-electron chi connectivity index (χ0n) is 27.4. The summed E-state index contributed by atoms with van der Waals surface area (Å²) >= 11 is 0. The molecule has 2 aromatic carbocycles. The number of benzene rings is 2. The molecular formula is C32H43N9O6. The first-order chi connectivity index (χ1) is 22.3. The van der Waals surface area contributed by atoms with Crippen LogP contribution in [0.5, 0.6) is 0 Å². The second-order valence-electron chi connectivity index (χ2n) is 11.9. The van der Waals surface area contributed by atoms with E-state index in [9.17, 15) is 24.5 Å². The van der Waals surface area contributed by atoms with Gasteiger partial charge in [-0.25, -0.2) is 14.6 Å². The molecule has 0 saturated carbocycles. The molecule has 15 nitrogen and oxygen atoms in total. The van der Waals surface area contributed by atoms with Gasteiger partial charge in [-0.2, -0.15) is 10.2 Å². The smallest absolute Gasteiger partial charge is 0.407 e. The molecule has 1 heterocycles. The van der Waals surface area contributed by atoms with Gasteiger partial charge in [0.1, 0.15) is 6.61 Å². The van der Waals surface area contributed by atoms with E-state index in [0.717, 1.165) is 18.5 Å². The fourth-order valence-corrected chi connectivity index (χ4v) is 4.91. The van der Waals surface area contributed by atoms with Crippen LogP contribution in [0.1, 0.15) is 46.2 Å². The lowest BCUT2D eigenvalue weighted by atomic mass is 9.82. The number of anilines is 2. The molecule has 0 radical (unpaired) electrons. The number of amides is 3. The summed E-state index contributed by atoms with van der Waals surface area (Å²) in [7, 11) is 0. The first-order valence-electron chi connectivity index (χ1n) is 15.4. The molecule has 4 N–H and O–H groups in total. The third-order valence-electron chi connectivity index (χ3n) is 7.17. The van der Waals surface area contributed by atoms with Gasteiger partial charge in [0.25, 0.3) is 11.2 Å². The zero-order valence-corrected chi connectivity index (χ0v) is 27.4. The third kappa shape index (κ3) is 12.9. The van der Waals surface area contributed by atoms with E-state index in [1.165, 1.54) is 30.3 Å². The number of ether oxygens (including phenoxy) is 1. The van der Waals surface area contributed by atoms with Crippen LogP contribution < -0.4 is 26.4 Å². The van der Waals surface area contributed by atoms with E-state index < -0.39 is 17.0 Å². The maximum atomic E-state index is 12.4. The lowest BCUT2D eigenvalue weighted by Crippen LogP contribution is -2.37. The number of alkyl carbamates (subject to hydrolysis) is 1. The molecule has 1 atom stereocenters. The number of non-ortho nitro benzene ring substituents is 1. The SMILES string of the molecule is CCN(CCOC(=O)NCC(C)(C)CC(C)CCNC(=O)Nc1nc(C)cc(=O)[nH]1)c1ccc(N=Nc2ccc([N+](=O)[O-])cc2)cc1. The number of nitro groups is 1. The largest absolute Gasteiger partial charge is 0.448 e. The van der Waals surface area contributed by atoms with Crippen LogP contribution in [0.25, 0.3) is 0 Å². The Hall–Kier alpha value is -5.34. The van der Waals surface area contributed by atoms with E-state index in [2.05, 4.69) is 61.8 Å². The quantitative estimate of drug-likeness (QED) is 0.0797. The number of likely N-dealkylation sites (N-methyl/N-ethyl adjacent to an activating group) is 1. The number of hydrogen-bond acceptors (Lipinski definition) is 10. The van der Waals surface area contributed by atoms with Crippen molar-refractivity contribution in [1.82, 2.24) is 20.6 Å². The van der Waals surface area contributed by atoms with Crippen LogP contribution in [0.3, 0.4) is 0 Å².